The number of hydrogen-bond donors (Lipinski definition) is 1. The summed E-state index contributed by atoms with van der Waals surface area (Å²) < 4.78 is 45.9. The lowest BCUT2D eigenvalue weighted by Crippen LogP contribution is -2.29. The molecule has 0 aliphatic carbocycles. The van der Waals surface area contributed by atoms with E-state index in [1.807, 2.05) is 0 Å². The third kappa shape index (κ3) is 6.46. The van der Waals surface area contributed by atoms with E-state index in [1.165, 1.54) is 12.1 Å². The Kier molecular flexibility index (Phi) is 6.58. The molecule has 0 unspecified atom stereocenters. The van der Waals surface area contributed by atoms with Gasteiger partial charge in [0.25, 0.3) is 0 Å². The van der Waals surface area contributed by atoms with Crippen LogP contribution >= 0.6 is 11.6 Å². The number of aromatic nitrogens is 2. The fourth-order valence-electron chi connectivity index (χ4n) is 2.50. The number of carbonyl (C=O) groups is 1. The molecule has 0 aliphatic rings. The number of halogens is 4. The van der Waals surface area contributed by atoms with Gasteiger partial charge in [-0.15, -0.1) is 23.4 Å². The van der Waals surface area contributed by atoms with Gasteiger partial charge in [-0.3, -0.25) is 9.69 Å². The molecule has 0 saturated heterocycles. The van der Waals surface area contributed by atoms with Crippen molar-refractivity contribution >= 4 is 23.2 Å². The molecule has 2 aromatic carbocycles. The van der Waals surface area contributed by atoms with E-state index in [0.717, 1.165) is 17.7 Å². The summed E-state index contributed by atoms with van der Waals surface area (Å²) in [6.45, 7) is 0.228. The van der Waals surface area contributed by atoms with E-state index in [1.54, 1.807) is 36.2 Å². The lowest BCUT2D eigenvalue weighted by atomic mass is 10.2. The second-order valence-corrected chi connectivity index (χ2v) is 6.74. The first-order valence-corrected chi connectivity index (χ1v) is 8.98. The second kappa shape index (κ2) is 9.14. The summed E-state index contributed by atoms with van der Waals surface area (Å²) in [5.41, 5.74) is 1.06. The molecular formula is C19H16ClF3N4O3. The largest absolute Gasteiger partial charge is 0.573 e. The molecule has 0 atom stereocenters. The molecule has 1 aromatic heterocycles. The molecule has 30 heavy (non-hydrogen) atoms. The Morgan fingerprint density at radius 1 is 1.13 bits per heavy atom. The summed E-state index contributed by atoms with van der Waals surface area (Å²) in [6.07, 6.45) is -4.77. The molecule has 0 fully saturated rings. The quantitative estimate of drug-likeness (QED) is 0.588. The van der Waals surface area contributed by atoms with Crippen molar-refractivity contribution < 1.29 is 27.1 Å². The van der Waals surface area contributed by atoms with Gasteiger partial charge in [0.15, 0.2) is 0 Å². The van der Waals surface area contributed by atoms with E-state index in [-0.39, 0.29) is 24.7 Å². The molecule has 1 heterocycles. The van der Waals surface area contributed by atoms with E-state index in [9.17, 15) is 18.0 Å². The monoisotopic (exact) mass is 440 g/mol. The number of alkyl halides is 3. The van der Waals surface area contributed by atoms with Gasteiger partial charge < -0.3 is 14.5 Å². The van der Waals surface area contributed by atoms with Gasteiger partial charge in [0, 0.05) is 16.3 Å². The molecule has 0 saturated carbocycles. The molecule has 3 rings (SSSR count). The first-order valence-electron chi connectivity index (χ1n) is 8.60. The number of nitrogens with zero attached hydrogens (tertiary/aromatic N) is 3. The highest BCUT2D eigenvalue weighted by Gasteiger charge is 2.31. The molecule has 0 spiro atoms. The first-order chi connectivity index (χ1) is 14.2. The van der Waals surface area contributed by atoms with Crippen molar-refractivity contribution in [3.8, 4) is 17.2 Å². The SMILES string of the molecule is CN(CC(=O)Nc1ccc(OC(F)(F)F)cc1)Cc1nnc(-c2ccc(Cl)cc2)o1. The Morgan fingerprint density at radius 3 is 2.43 bits per heavy atom. The fourth-order valence-corrected chi connectivity index (χ4v) is 2.63. The van der Waals surface area contributed by atoms with Crippen molar-refractivity contribution in [2.75, 3.05) is 18.9 Å². The van der Waals surface area contributed by atoms with E-state index < -0.39 is 6.36 Å². The van der Waals surface area contributed by atoms with Crippen LogP contribution in [0.1, 0.15) is 5.89 Å². The molecule has 0 bridgehead atoms. The van der Waals surface area contributed by atoms with Crippen molar-refractivity contribution in [2.24, 2.45) is 0 Å². The molecule has 0 radical (unpaired) electrons. The number of anilines is 1. The molecule has 158 valence electrons. The van der Waals surface area contributed by atoms with Crippen LogP contribution in [0.5, 0.6) is 5.75 Å². The highest BCUT2D eigenvalue weighted by molar-refractivity contribution is 6.30. The van der Waals surface area contributed by atoms with Gasteiger partial charge in [-0.25, -0.2) is 0 Å². The van der Waals surface area contributed by atoms with Gasteiger partial charge in [0.1, 0.15) is 5.75 Å². The molecule has 7 nitrogen and oxygen atoms in total. The molecule has 1 N–H and O–H groups in total. The molecular weight excluding hydrogens is 425 g/mol. The second-order valence-electron chi connectivity index (χ2n) is 6.30. The van der Waals surface area contributed by atoms with Crippen LogP contribution in [0, 0.1) is 0 Å². The van der Waals surface area contributed by atoms with E-state index >= 15 is 0 Å². The predicted octanol–water partition coefficient (Wildman–Crippen LogP) is 4.36. The van der Waals surface area contributed by atoms with Crippen LogP contribution in [0.4, 0.5) is 18.9 Å². The number of amides is 1. The van der Waals surface area contributed by atoms with Crippen LogP contribution in [-0.2, 0) is 11.3 Å². The van der Waals surface area contributed by atoms with Crippen molar-refractivity contribution in [1.29, 1.82) is 0 Å². The van der Waals surface area contributed by atoms with E-state index in [0.29, 0.717) is 22.5 Å². The third-order valence-electron chi connectivity index (χ3n) is 3.75. The van der Waals surface area contributed by atoms with E-state index in [2.05, 4.69) is 20.3 Å². The van der Waals surface area contributed by atoms with Gasteiger partial charge in [-0.1, -0.05) is 11.6 Å². The summed E-state index contributed by atoms with van der Waals surface area (Å²) >= 11 is 5.85. The molecule has 11 heteroatoms. The maximum atomic E-state index is 12.2. The van der Waals surface area contributed by atoms with Crippen LogP contribution in [-0.4, -0.2) is 41.0 Å². The normalized spacial score (nSPS) is 11.5. The standard InChI is InChI=1S/C19H16ClF3N4O3/c1-27(11-17-25-26-18(29-17)12-2-4-13(20)5-3-12)10-16(28)24-14-6-8-15(9-7-14)30-19(21,22)23/h2-9H,10-11H2,1H3,(H,24,28). The number of rotatable bonds is 7. The van der Waals surface area contributed by atoms with Crippen LogP contribution in [0.15, 0.2) is 52.9 Å². The lowest BCUT2D eigenvalue weighted by Gasteiger charge is -2.14. The zero-order valence-electron chi connectivity index (χ0n) is 15.6. The number of carbonyl (C=O) groups excluding carboxylic acids is 1. The Hall–Kier alpha value is -3.11. The number of ether oxygens (including phenoxy) is 1. The third-order valence-corrected chi connectivity index (χ3v) is 4.00. The van der Waals surface area contributed by atoms with Crippen molar-refractivity contribution in [1.82, 2.24) is 15.1 Å². The van der Waals surface area contributed by atoms with Crippen LogP contribution < -0.4 is 10.1 Å². The van der Waals surface area contributed by atoms with Crippen molar-refractivity contribution in [3.63, 3.8) is 0 Å². The summed E-state index contributed by atoms with van der Waals surface area (Å²) in [5, 5.41) is 11.1. The zero-order valence-corrected chi connectivity index (χ0v) is 16.4. The number of nitrogens with one attached hydrogen (secondary N) is 1. The minimum Gasteiger partial charge on any atom is -0.419 e. The van der Waals surface area contributed by atoms with Crippen molar-refractivity contribution in [3.05, 3.63) is 59.4 Å². The van der Waals surface area contributed by atoms with Gasteiger partial charge in [-0.2, -0.15) is 0 Å². The minimum atomic E-state index is -4.77. The Bertz CT molecular complexity index is 992. The predicted molar refractivity (Wildman–Crippen MR) is 103 cm³/mol. The van der Waals surface area contributed by atoms with Crippen LogP contribution in [0.25, 0.3) is 11.5 Å². The molecule has 1 amide bonds. The molecule has 3 aromatic rings. The van der Waals surface area contributed by atoms with Crippen LogP contribution in [0.3, 0.4) is 0 Å². The van der Waals surface area contributed by atoms with Gasteiger partial charge in [-0.05, 0) is 55.6 Å². The average Bonchev–Trinajstić information content (AvgIpc) is 3.11. The fraction of sp³-hybridized carbons (Fsp3) is 0.211. The summed E-state index contributed by atoms with van der Waals surface area (Å²) in [6, 6.07) is 11.8. The van der Waals surface area contributed by atoms with Crippen LogP contribution in [0.2, 0.25) is 5.02 Å². The van der Waals surface area contributed by atoms with Crippen molar-refractivity contribution in [2.45, 2.75) is 12.9 Å². The average molecular weight is 441 g/mol. The smallest absolute Gasteiger partial charge is 0.419 e. The number of benzene rings is 2. The highest BCUT2D eigenvalue weighted by atomic mass is 35.5. The maximum absolute atomic E-state index is 12.2. The molecule has 0 aliphatic heterocycles. The Labute approximate surface area is 174 Å². The Balaban J connectivity index is 1.50. The first kappa shape index (κ1) is 21.6. The number of likely N-dealkylation sites (N-methyl/N-ethyl adjacent to an activating group) is 1. The summed E-state index contributed by atoms with van der Waals surface area (Å²) in [7, 11) is 1.69. The van der Waals surface area contributed by atoms with E-state index in [4.69, 9.17) is 16.0 Å². The maximum Gasteiger partial charge on any atom is 0.573 e. The highest BCUT2D eigenvalue weighted by Crippen LogP contribution is 2.24. The lowest BCUT2D eigenvalue weighted by molar-refractivity contribution is -0.274. The zero-order chi connectivity index (χ0) is 21.7. The van der Waals surface area contributed by atoms with Gasteiger partial charge in [0.2, 0.25) is 17.7 Å². The number of hydrogen-bond acceptors (Lipinski definition) is 6. The topological polar surface area (TPSA) is 80.5 Å². The Morgan fingerprint density at radius 2 is 1.80 bits per heavy atom. The van der Waals surface area contributed by atoms with Gasteiger partial charge >= 0.3 is 6.36 Å². The summed E-state index contributed by atoms with van der Waals surface area (Å²) in [4.78, 5) is 13.8. The minimum absolute atomic E-state index is 0.000535. The van der Waals surface area contributed by atoms with Gasteiger partial charge in [0.05, 0.1) is 13.1 Å². The summed E-state index contributed by atoms with van der Waals surface area (Å²) in [5.74, 6) is -0.0745.